The van der Waals surface area contributed by atoms with Gasteiger partial charge in [-0.3, -0.25) is 14.4 Å². The Morgan fingerprint density at radius 2 is 1.71 bits per heavy atom. The van der Waals surface area contributed by atoms with Crippen molar-refractivity contribution in [1.29, 1.82) is 0 Å². The maximum absolute atomic E-state index is 13.2. The molecule has 0 radical (unpaired) electrons. The molecular weight excluding hydrogens is 448 g/mol. The molecule has 4 rings (SSSR count). The van der Waals surface area contributed by atoms with Gasteiger partial charge in [-0.1, -0.05) is 24.3 Å². The number of carbonyl (C=O) groups excluding carboxylic acids is 4. The third-order valence-corrected chi connectivity index (χ3v) is 6.32. The lowest BCUT2D eigenvalue weighted by Crippen LogP contribution is -2.50. The summed E-state index contributed by atoms with van der Waals surface area (Å²) in [5.74, 6) is -1.12. The number of aryl methyl sites for hydroxylation is 1. The van der Waals surface area contributed by atoms with Crippen LogP contribution in [-0.4, -0.2) is 72.9 Å². The van der Waals surface area contributed by atoms with Gasteiger partial charge in [-0.2, -0.15) is 0 Å². The maximum Gasteiger partial charge on any atom is 0.409 e. The minimum atomic E-state index is -0.515. The number of para-hydroxylation sites is 1. The Labute approximate surface area is 204 Å². The van der Waals surface area contributed by atoms with E-state index in [-0.39, 0.29) is 30.2 Å². The van der Waals surface area contributed by atoms with E-state index >= 15 is 0 Å². The SMILES string of the molecule is CCOC(=O)N1CCN(C(=O)c2ccccc2NC(=O)C2CC(=O)N(c3cccc(C)c3)C2)CC1. The quantitative estimate of drug-likeness (QED) is 0.713. The van der Waals surface area contributed by atoms with Crippen molar-refractivity contribution in [3.05, 3.63) is 59.7 Å². The van der Waals surface area contributed by atoms with Crippen LogP contribution in [-0.2, 0) is 14.3 Å². The molecule has 35 heavy (non-hydrogen) atoms. The Kier molecular flexibility index (Phi) is 7.33. The lowest BCUT2D eigenvalue weighted by atomic mass is 10.1. The smallest absolute Gasteiger partial charge is 0.409 e. The Morgan fingerprint density at radius 1 is 1.00 bits per heavy atom. The molecule has 2 aromatic rings. The summed E-state index contributed by atoms with van der Waals surface area (Å²) in [5.41, 5.74) is 2.61. The normalized spacial score (nSPS) is 17.9. The van der Waals surface area contributed by atoms with E-state index in [1.165, 1.54) is 0 Å². The summed E-state index contributed by atoms with van der Waals surface area (Å²) in [4.78, 5) is 55.7. The third kappa shape index (κ3) is 5.45. The summed E-state index contributed by atoms with van der Waals surface area (Å²) in [6.45, 7) is 5.84. The summed E-state index contributed by atoms with van der Waals surface area (Å²) < 4.78 is 5.03. The molecule has 1 N–H and O–H groups in total. The van der Waals surface area contributed by atoms with Crippen molar-refractivity contribution in [2.75, 3.05) is 49.5 Å². The first kappa shape index (κ1) is 24.3. The number of rotatable bonds is 5. The number of amides is 4. The van der Waals surface area contributed by atoms with E-state index in [2.05, 4.69) is 5.32 Å². The van der Waals surface area contributed by atoms with Crippen molar-refractivity contribution in [3.63, 3.8) is 0 Å². The Hall–Kier alpha value is -3.88. The van der Waals surface area contributed by atoms with Crippen molar-refractivity contribution in [3.8, 4) is 0 Å². The number of nitrogens with one attached hydrogen (secondary N) is 1. The van der Waals surface area contributed by atoms with E-state index in [1.807, 2.05) is 31.2 Å². The van der Waals surface area contributed by atoms with Crippen LogP contribution in [0.1, 0.15) is 29.3 Å². The second kappa shape index (κ2) is 10.6. The highest BCUT2D eigenvalue weighted by Gasteiger charge is 2.36. The van der Waals surface area contributed by atoms with Crippen molar-refractivity contribution >= 4 is 35.2 Å². The van der Waals surface area contributed by atoms with Gasteiger partial charge in [0.2, 0.25) is 11.8 Å². The first-order chi connectivity index (χ1) is 16.9. The lowest BCUT2D eigenvalue weighted by molar-refractivity contribution is -0.122. The van der Waals surface area contributed by atoms with Crippen LogP contribution in [0.3, 0.4) is 0 Å². The molecule has 0 spiro atoms. The molecule has 184 valence electrons. The van der Waals surface area contributed by atoms with Gasteiger partial charge < -0.3 is 24.8 Å². The molecule has 2 aromatic carbocycles. The molecule has 9 nitrogen and oxygen atoms in total. The van der Waals surface area contributed by atoms with Crippen LogP contribution in [0, 0.1) is 12.8 Å². The Balaban J connectivity index is 1.40. The number of anilines is 2. The number of hydrogen-bond donors (Lipinski definition) is 1. The molecule has 2 fully saturated rings. The average molecular weight is 479 g/mol. The topological polar surface area (TPSA) is 99.3 Å². The van der Waals surface area contributed by atoms with Crippen LogP contribution in [0.5, 0.6) is 0 Å². The van der Waals surface area contributed by atoms with E-state index < -0.39 is 5.92 Å². The Morgan fingerprint density at radius 3 is 2.43 bits per heavy atom. The molecule has 0 bridgehead atoms. The predicted octanol–water partition coefficient (Wildman–Crippen LogP) is 2.90. The largest absolute Gasteiger partial charge is 0.450 e. The van der Waals surface area contributed by atoms with Crippen molar-refractivity contribution in [2.45, 2.75) is 20.3 Å². The standard InChI is InChI=1S/C26H30N4O5/c1-3-35-26(34)29-13-11-28(12-14-29)25(33)21-9-4-5-10-22(21)27-24(32)19-16-23(31)30(17-19)20-8-6-7-18(2)15-20/h4-10,15,19H,3,11-14,16-17H2,1-2H3,(H,27,32). The molecule has 2 saturated heterocycles. The first-order valence-electron chi connectivity index (χ1n) is 11.8. The summed E-state index contributed by atoms with van der Waals surface area (Å²) >= 11 is 0. The molecule has 9 heteroatoms. The number of carbonyl (C=O) groups is 4. The highest BCUT2D eigenvalue weighted by atomic mass is 16.6. The van der Waals surface area contributed by atoms with E-state index in [0.29, 0.717) is 50.6 Å². The zero-order valence-corrected chi connectivity index (χ0v) is 20.0. The fourth-order valence-corrected chi connectivity index (χ4v) is 4.42. The number of ether oxygens (including phenoxy) is 1. The van der Waals surface area contributed by atoms with Gasteiger partial charge in [0.05, 0.1) is 23.8 Å². The van der Waals surface area contributed by atoms with E-state index in [0.717, 1.165) is 11.3 Å². The summed E-state index contributed by atoms with van der Waals surface area (Å²) in [7, 11) is 0. The number of benzene rings is 2. The molecule has 1 atom stereocenters. The lowest BCUT2D eigenvalue weighted by Gasteiger charge is -2.34. The number of nitrogens with zero attached hydrogens (tertiary/aromatic N) is 3. The van der Waals surface area contributed by atoms with Crippen LogP contribution >= 0.6 is 0 Å². The summed E-state index contributed by atoms with van der Waals surface area (Å²) in [6, 6.07) is 14.5. The van der Waals surface area contributed by atoms with Crippen LogP contribution in [0.4, 0.5) is 16.2 Å². The van der Waals surface area contributed by atoms with Gasteiger partial charge in [0.15, 0.2) is 0 Å². The molecule has 2 aliphatic rings. The van der Waals surface area contributed by atoms with E-state index in [4.69, 9.17) is 4.74 Å². The molecular formula is C26H30N4O5. The van der Waals surface area contributed by atoms with Crippen LogP contribution in [0.15, 0.2) is 48.5 Å². The van der Waals surface area contributed by atoms with Gasteiger partial charge in [-0.25, -0.2) is 4.79 Å². The van der Waals surface area contributed by atoms with Crippen molar-refractivity contribution < 1.29 is 23.9 Å². The summed E-state index contributed by atoms with van der Waals surface area (Å²) in [6.07, 6.45) is -0.260. The fourth-order valence-electron chi connectivity index (χ4n) is 4.42. The zero-order valence-electron chi connectivity index (χ0n) is 20.0. The average Bonchev–Trinajstić information content (AvgIpc) is 3.26. The molecule has 1 unspecified atom stereocenters. The van der Waals surface area contributed by atoms with Crippen LogP contribution < -0.4 is 10.2 Å². The van der Waals surface area contributed by atoms with Crippen LogP contribution in [0.25, 0.3) is 0 Å². The molecule has 0 saturated carbocycles. The first-order valence-corrected chi connectivity index (χ1v) is 11.8. The number of hydrogen-bond acceptors (Lipinski definition) is 5. The van der Waals surface area contributed by atoms with Gasteiger partial charge in [-0.15, -0.1) is 0 Å². The highest BCUT2D eigenvalue weighted by molar-refractivity contribution is 6.07. The Bertz CT molecular complexity index is 1130. The fraction of sp³-hybridized carbons (Fsp3) is 0.385. The second-order valence-electron chi connectivity index (χ2n) is 8.76. The zero-order chi connectivity index (χ0) is 24.9. The van der Waals surface area contributed by atoms with Crippen molar-refractivity contribution in [1.82, 2.24) is 9.80 Å². The molecule has 0 aromatic heterocycles. The molecule has 0 aliphatic carbocycles. The monoisotopic (exact) mass is 478 g/mol. The third-order valence-electron chi connectivity index (χ3n) is 6.32. The van der Waals surface area contributed by atoms with E-state index in [9.17, 15) is 19.2 Å². The van der Waals surface area contributed by atoms with Gasteiger partial charge >= 0.3 is 6.09 Å². The van der Waals surface area contributed by atoms with E-state index in [1.54, 1.807) is 45.9 Å². The molecule has 2 aliphatic heterocycles. The predicted molar refractivity (Wildman–Crippen MR) is 131 cm³/mol. The van der Waals surface area contributed by atoms with Gasteiger partial charge in [0.25, 0.3) is 5.91 Å². The van der Waals surface area contributed by atoms with Gasteiger partial charge in [0.1, 0.15) is 0 Å². The second-order valence-corrected chi connectivity index (χ2v) is 8.76. The number of piperazine rings is 1. The van der Waals surface area contributed by atoms with Gasteiger partial charge in [0, 0.05) is 44.8 Å². The minimum Gasteiger partial charge on any atom is -0.450 e. The highest BCUT2D eigenvalue weighted by Crippen LogP contribution is 2.27. The van der Waals surface area contributed by atoms with Crippen molar-refractivity contribution in [2.24, 2.45) is 5.92 Å². The summed E-state index contributed by atoms with van der Waals surface area (Å²) in [5, 5.41) is 2.87. The minimum absolute atomic E-state index is 0.0976. The van der Waals surface area contributed by atoms with Crippen LogP contribution in [0.2, 0.25) is 0 Å². The molecule has 4 amide bonds. The van der Waals surface area contributed by atoms with Gasteiger partial charge in [-0.05, 0) is 43.7 Å². The maximum atomic E-state index is 13.2. The molecule has 2 heterocycles.